The van der Waals surface area contributed by atoms with E-state index in [2.05, 4.69) is 19.9 Å². The summed E-state index contributed by atoms with van der Waals surface area (Å²) in [6, 6.07) is 6.02. The Labute approximate surface area is 104 Å². The van der Waals surface area contributed by atoms with Gasteiger partial charge in [0.05, 0.1) is 0 Å². The number of rotatable bonds is 3. The molecule has 0 spiro atoms. The smallest absolute Gasteiger partial charge is 0.0500 e. The average Bonchev–Trinajstić information content (AvgIpc) is 2.21. The molecule has 0 aliphatic heterocycles. The maximum Gasteiger partial charge on any atom is 0.0500 e. The van der Waals surface area contributed by atoms with E-state index in [-0.39, 0.29) is 30.5 Å². The Bertz CT molecular complexity index is 350. The van der Waals surface area contributed by atoms with Crippen molar-refractivity contribution < 1.29 is 5.11 Å². The van der Waals surface area contributed by atoms with Crippen molar-refractivity contribution in [3.05, 3.63) is 34.9 Å². The minimum atomic E-state index is -0.279. The van der Waals surface area contributed by atoms with Gasteiger partial charge < -0.3 is 10.8 Å². The number of benzene rings is 1. The van der Waals surface area contributed by atoms with Crippen LogP contribution in [-0.2, 0) is 0 Å². The van der Waals surface area contributed by atoms with Crippen LogP contribution in [0.1, 0.15) is 36.6 Å². The van der Waals surface area contributed by atoms with Gasteiger partial charge in [-0.3, -0.25) is 0 Å². The highest BCUT2D eigenvalue weighted by molar-refractivity contribution is 5.85. The summed E-state index contributed by atoms with van der Waals surface area (Å²) in [7, 11) is 0. The number of nitrogens with two attached hydrogens (primary N) is 1. The number of aryl methyl sites for hydroxylation is 1. The van der Waals surface area contributed by atoms with Crippen LogP contribution in [0.15, 0.2) is 18.2 Å². The van der Waals surface area contributed by atoms with Gasteiger partial charge in [-0.15, -0.1) is 12.4 Å². The second kappa shape index (κ2) is 5.67. The second-order valence-electron chi connectivity index (χ2n) is 4.91. The van der Waals surface area contributed by atoms with Crippen LogP contribution in [0.4, 0.5) is 0 Å². The van der Waals surface area contributed by atoms with Crippen molar-refractivity contribution in [2.45, 2.75) is 33.7 Å². The standard InChI is InChI=1S/C13H21NO.ClH/c1-9-6-5-7-11(10(9)2)12(14)13(3,4)8-15;/h5-7,12,15H,8,14H2,1-4H3;1H/t12-;/m0./s1. The zero-order valence-electron chi connectivity index (χ0n) is 10.4. The molecular formula is C13H22ClNO. The predicted molar refractivity (Wildman–Crippen MR) is 71.0 cm³/mol. The first-order valence-corrected chi connectivity index (χ1v) is 5.32. The maximum atomic E-state index is 9.31. The molecule has 3 N–H and O–H groups in total. The number of aliphatic hydroxyl groups excluding tert-OH is 1. The summed E-state index contributed by atoms with van der Waals surface area (Å²) in [5.74, 6) is 0. The lowest BCUT2D eigenvalue weighted by Gasteiger charge is -2.31. The predicted octanol–water partition coefficient (Wildman–Crippen LogP) is 2.74. The van der Waals surface area contributed by atoms with Crippen molar-refractivity contribution in [1.29, 1.82) is 0 Å². The van der Waals surface area contributed by atoms with Crippen molar-refractivity contribution in [2.24, 2.45) is 11.1 Å². The van der Waals surface area contributed by atoms with Crippen molar-refractivity contribution >= 4 is 12.4 Å². The molecule has 1 rings (SSSR count). The Kier molecular flexibility index (Phi) is 5.47. The van der Waals surface area contributed by atoms with E-state index in [1.54, 1.807) is 0 Å². The van der Waals surface area contributed by atoms with Gasteiger partial charge in [0.1, 0.15) is 0 Å². The molecule has 0 saturated heterocycles. The summed E-state index contributed by atoms with van der Waals surface area (Å²) in [4.78, 5) is 0. The molecule has 0 radical (unpaired) electrons. The number of hydrogen-bond donors (Lipinski definition) is 2. The van der Waals surface area contributed by atoms with Crippen molar-refractivity contribution in [3.8, 4) is 0 Å². The molecule has 0 fully saturated rings. The minimum absolute atomic E-state index is 0. The first-order chi connectivity index (χ1) is 6.90. The molecule has 1 aromatic rings. The maximum absolute atomic E-state index is 9.31. The van der Waals surface area contributed by atoms with Gasteiger partial charge in [-0.25, -0.2) is 0 Å². The van der Waals surface area contributed by atoms with Crippen LogP contribution in [0.25, 0.3) is 0 Å². The molecule has 0 aliphatic carbocycles. The largest absolute Gasteiger partial charge is 0.396 e. The fraction of sp³-hybridized carbons (Fsp3) is 0.538. The first kappa shape index (κ1) is 15.4. The highest BCUT2D eigenvalue weighted by Crippen LogP contribution is 2.32. The molecule has 92 valence electrons. The monoisotopic (exact) mass is 243 g/mol. The molecule has 3 heteroatoms. The third-order valence-electron chi connectivity index (χ3n) is 3.23. The van der Waals surface area contributed by atoms with E-state index in [0.717, 1.165) is 5.56 Å². The van der Waals surface area contributed by atoms with Crippen LogP contribution >= 0.6 is 12.4 Å². The fourth-order valence-electron chi connectivity index (χ4n) is 1.63. The lowest BCUT2D eigenvalue weighted by molar-refractivity contribution is 0.132. The summed E-state index contributed by atoms with van der Waals surface area (Å²) in [6.45, 7) is 8.23. The Balaban J connectivity index is 0.00000225. The van der Waals surface area contributed by atoms with E-state index in [1.165, 1.54) is 11.1 Å². The van der Waals surface area contributed by atoms with Gasteiger partial charge >= 0.3 is 0 Å². The number of hydrogen-bond acceptors (Lipinski definition) is 2. The normalized spacial score (nSPS) is 13.1. The van der Waals surface area contributed by atoms with Gasteiger partial charge in [0.25, 0.3) is 0 Å². The van der Waals surface area contributed by atoms with Crippen LogP contribution in [0.5, 0.6) is 0 Å². The lowest BCUT2D eigenvalue weighted by atomic mass is 9.80. The zero-order valence-corrected chi connectivity index (χ0v) is 11.3. The molecule has 1 atom stereocenters. The Morgan fingerprint density at radius 2 is 1.88 bits per heavy atom. The van der Waals surface area contributed by atoms with Crippen LogP contribution < -0.4 is 5.73 Å². The molecule has 0 heterocycles. The highest BCUT2D eigenvalue weighted by Gasteiger charge is 2.27. The third-order valence-corrected chi connectivity index (χ3v) is 3.23. The number of halogens is 1. The third kappa shape index (κ3) is 2.97. The Hall–Kier alpha value is -0.570. The van der Waals surface area contributed by atoms with Crippen LogP contribution in [0.2, 0.25) is 0 Å². The van der Waals surface area contributed by atoms with Crippen molar-refractivity contribution in [3.63, 3.8) is 0 Å². The molecule has 0 aliphatic rings. The first-order valence-electron chi connectivity index (χ1n) is 5.32. The molecule has 16 heavy (non-hydrogen) atoms. The summed E-state index contributed by atoms with van der Waals surface area (Å²) in [5, 5.41) is 9.31. The summed E-state index contributed by atoms with van der Waals surface area (Å²) in [5.41, 5.74) is 9.52. The van der Waals surface area contributed by atoms with Crippen LogP contribution in [-0.4, -0.2) is 11.7 Å². The molecule has 0 amide bonds. The van der Waals surface area contributed by atoms with Crippen LogP contribution in [0, 0.1) is 19.3 Å². The van der Waals surface area contributed by atoms with Gasteiger partial charge in [-0.1, -0.05) is 32.0 Å². The van der Waals surface area contributed by atoms with E-state index < -0.39 is 0 Å². The molecule has 0 unspecified atom stereocenters. The topological polar surface area (TPSA) is 46.2 Å². The SMILES string of the molecule is Cc1cccc([C@H](N)C(C)(C)CO)c1C.Cl. The van der Waals surface area contributed by atoms with Gasteiger partial charge in [0, 0.05) is 18.1 Å². The molecule has 2 nitrogen and oxygen atoms in total. The quantitative estimate of drug-likeness (QED) is 0.858. The lowest BCUT2D eigenvalue weighted by Crippen LogP contribution is -2.33. The Morgan fingerprint density at radius 1 is 1.31 bits per heavy atom. The molecule has 0 bridgehead atoms. The molecule has 1 aromatic carbocycles. The Morgan fingerprint density at radius 3 is 2.38 bits per heavy atom. The van der Waals surface area contributed by atoms with Gasteiger partial charge in [-0.05, 0) is 30.5 Å². The van der Waals surface area contributed by atoms with Crippen molar-refractivity contribution in [1.82, 2.24) is 0 Å². The second-order valence-corrected chi connectivity index (χ2v) is 4.91. The van der Waals surface area contributed by atoms with E-state index in [4.69, 9.17) is 5.73 Å². The molecular weight excluding hydrogens is 222 g/mol. The summed E-state index contributed by atoms with van der Waals surface area (Å²) >= 11 is 0. The average molecular weight is 244 g/mol. The minimum Gasteiger partial charge on any atom is -0.396 e. The van der Waals surface area contributed by atoms with E-state index in [0.29, 0.717) is 0 Å². The summed E-state index contributed by atoms with van der Waals surface area (Å²) < 4.78 is 0. The number of aliphatic hydroxyl groups is 1. The van der Waals surface area contributed by atoms with E-state index in [9.17, 15) is 5.11 Å². The van der Waals surface area contributed by atoms with Gasteiger partial charge in [0.15, 0.2) is 0 Å². The highest BCUT2D eigenvalue weighted by atomic mass is 35.5. The summed E-state index contributed by atoms with van der Waals surface area (Å²) in [6.07, 6.45) is 0. The van der Waals surface area contributed by atoms with E-state index >= 15 is 0 Å². The van der Waals surface area contributed by atoms with E-state index in [1.807, 2.05) is 26.0 Å². The molecule has 0 saturated carbocycles. The molecule has 0 aromatic heterocycles. The van der Waals surface area contributed by atoms with Crippen molar-refractivity contribution in [2.75, 3.05) is 6.61 Å². The van der Waals surface area contributed by atoms with Crippen LogP contribution in [0.3, 0.4) is 0 Å². The fourth-order valence-corrected chi connectivity index (χ4v) is 1.63. The van der Waals surface area contributed by atoms with Gasteiger partial charge in [-0.2, -0.15) is 0 Å². The van der Waals surface area contributed by atoms with Gasteiger partial charge in [0.2, 0.25) is 0 Å². The zero-order chi connectivity index (χ0) is 11.6.